The third-order valence-corrected chi connectivity index (χ3v) is 4.87. The molecule has 2 heteroatoms. The standard InChI is InChI=1S/C19H32N2/c1-4-18(21-13-9-6-10-14-21)19(20,15-16(2)3)17-11-7-5-8-12-17/h5,7-8,11-12,16,18H,4,6,9-10,13-15,20H2,1-3H3. The molecule has 0 saturated carbocycles. The molecule has 1 heterocycles. The van der Waals surface area contributed by atoms with Crippen molar-refractivity contribution in [3.63, 3.8) is 0 Å². The van der Waals surface area contributed by atoms with Gasteiger partial charge in [-0.2, -0.15) is 0 Å². The highest BCUT2D eigenvalue weighted by atomic mass is 15.2. The highest BCUT2D eigenvalue weighted by molar-refractivity contribution is 5.26. The van der Waals surface area contributed by atoms with Crippen LogP contribution in [0.3, 0.4) is 0 Å². The van der Waals surface area contributed by atoms with Gasteiger partial charge in [0, 0.05) is 6.04 Å². The summed E-state index contributed by atoms with van der Waals surface area (Å²) in [7, 11) is 0. The Hall–Kier alpha value is -0.860. The maximum absolute atomic E-state index is 7.06. The Morgan fingerprint density at radius 1 is 1.10 bits per heavy atom. The Kier molecular flexibility index (Phi) is 5.83. The number of nitrogens with zero attached hydrogens (tertiary/aromatic N) is 1. The van der Waals surface area contributed by atoms with Crippen LogP contribution in [0.25, 0.3) is 0 Å². The molecule has 0 radical (unpaired) electrons. The predicted molar refractivity (Wildman–Crippen MR) is 91.3 cm³/mol. The molecule has 0 aromatic heterocycles. The minimum Gasteiger partial charge on any atom is -0.320 e. The normalized spacial score (nSPS) is 21.2. The Morgan fingerprint density at radius 3 is 2.24 bits per heavy atom. The fourth-order valence-corrected chi connectivity index (χ4v) is 4.05. The van der Waals surface area contributed by atoms with Gasteiger partial charge in [0.15, 0.2) is 0 Å². The summed E-state index contributed by atoms with van der Waals surface area (Å²) in [5, 5.41) is 0. The van der Waals surface area contributed by atoms with E-state index in [4.69, 9.17) is 5.73 Å². The van der Waals surface area contributed by atoms with Crippen LogP contribution in [-0.4, -0.2) is 24.0 Å². The fourth-order valence-electron chi connectivity index (χ4n) is 4.05. The Bertz CT molecular complexity index is 409. The van der Waals surface area contributed by atoms with Gasteiger partial charge >= 0.3 is 0 Å². The van der Waals surface area contributed by atoms with Crippen molar-refractivity contribution in [1.29, 1.82) is 0 Å². The number of benzene rings is 1. The first-order valence-corrected chi connectivity index (χ1v) is 8.66. The van der Waals surface area contributed by atoms with Crippen LogP contribution in [0, 0.1) is 5.92 Å². The van der Waals surface area contributed by atoms with Gasteiger partial charge in [-0.1, -0.05) is 57.5 Å². The third-order valence-electron chi connectivity index (χ3n) is 4.87. The first-order chi connectivity index (χ1) is 10.1. The molecule has 2 N–H and O–H groups in total. The summed E-state index contributed by atoms with van der Waals surface area (Å²) in [6.07, 6.45) is 6.19. The molecule has 1 aromatic carbocycles. The molecular formula is C19H32N2. The highest BCUT2D eigenvalue weighted by Gasteiger charge is 2.39. The zero-order chi connectivity index (χ0) is 15.3. The summed E-state index contributed by atoms with van der Waals surface area (Å²) in [5.41, 5.74) is 8.13. The van der Waals surface area contributed by atoms with Gasteiger partial charge in [0.05, 0.1) is 5.54 Å². The molecule has 0 spiro atoms. The molecule has 2 rings (SSSR count). The molecule has 118 valence electrons. The van der Waals surface area contributed by atoms with E-state index in [-0.39, 0.29) is 5.54 Å². The number of hydrogen-bond acceptors (Lipinski definition) is 2. The quantitative estimate of drug-likeness (QED) is 0.852. The van der Waals surface area contributed by atoms with E-state index >= 15 is 0 Å². The van der Waals surface area contributed by atoms with E-state index in [1.807, 2.05) is 0 Å². The molecule has 1 aliphatic rings. The molecule has 1 aromatic rings. The van der Waals surface area contributed by atoms with E-state index in [9.17, 15) is 0 Å². The second-order valence-electron chi connectivity index (χ2n) is 7.03. The van der Waals surface area contributed by atoms with Gasteiger partial charge in [0.2, 0.25) is 0 Å². The SMILES string of the molecule is CCC(N1CCCCC1)C(N)(CC(C)C)c1ccccc1. The lowest BCUT2D eigenvalue weighted by molar-refractivity contribution is 0.0806. The second-order valence-corrected chi connectivity index (χ2v) is 7.03. The zero-order valence-corrected chi connectivity index (χ0v) is 14.0. The number of nitrogens with two attached hydrogens (primary N) is 1. The molecule has 0 amide bonds. The first kappa shape index (κ1) is 16.5. The van der Waals surface area contributed by atoms with E-state index < -0.39 is 0 Å². The molecule has 2 nitrogen and oxygen atoms in total. The monoisotopic (exact) mass is 288 g/mol. The average Bonchev–Trinajstić information content (AvgIpc) is 2.49. The van der Waals surface area contributed by atoms with Gasteiger partial charge in [-0.25, -0.2) is 0 Å². The van der Waals surface area contributed by atoms with Crippen molar-refractivity contribution in [3.05, 3.63) is 35.9 Å². The van der Waals surface area contributed by atoms with Gasteiger partial charge in [0.25, 0.3) is 0 Å². The second kappa shape index (κ2) is 7.42. The molecule has 1 saturated heterocycles. The minimum absolute atomic E-state index is 0.235. The lowest BCUT2D eigenvalue weighted by Crippen LogP contribution is -2.57. The maximum atomic E-state index is 7.06. The van der Waals surface area contributed by atoms with Crippen LogP contribution in [0.4, 0.5) is 0 Å². The molecule has 1 aliphatic heterocycles. The van der Waals surface area contributed by atoms with E-state index in [1.54, 1.807) is 0 Å². The fraction of sp³-hybridized carbons (Fsp3) is 0.684. The summed E-state index contributed by atoms with van der Waals surface area (Å²) < 4.78 is 0. The van der Waals surface area contributed by atoms with Crippen LogP contribution in [0.5, 0.6) is 0 Å². The molecule has 0 bridgehead atoms. The third kappa shape index (κ3) is 3.87. The van der Waals surface area contributed by atoms with Crippen molar-refractivity contribution < 1.29 is 0 Å². The van der Waals surface area contributed by atoms with Crippen molar-refractivity contribution in [2.24, 2.45) is 11.7 Å². The number of hydrogen-bond donors (Lipinski definition) is 1. The van der Waals surface area contributed by atoms with Crippen molar-refractivity contribution in [1.82, 2.24) is 4.90 Å². The van der Waals surface area contributed by atoms with E-state index in [1.165, 1.54) is 37.9 Å². The molecule has 21 heavy (non-hydrogen) atoms. The summed E-state index contributed by atoms with van der Waals surface area (Å²) in [6.45, 7) is 9.29. The van der Waals surface area contributed by atoms with E-state index in [0.29, 0.717) is 12.0 Å². The van der Waals surface area contributed by atoms with Crippen molar-refractivity contribution >= 4 is 0 Å². The van der Waals surface area contributed by atoms with Gasteiger partial charge in [-0.15, -0.1) is 0 Å². The van der Waals surface area contributed by atoms with E-state index in [0.717, 1.165) is 12.8 Å². The van der Waals surface area contributed by atoms with Crippen LogP contribution < -0.4 is 5.73 Å². The minimum atomic E-state index is -0.235. The smallest absolute Gasteiger partial charge is 0.0569 e. The molecule has 0 aliphatic carbocycles. The zero-order valence-electron chi connectivity index (χ0n) is 14.0. The molecule has 2 atom stereocenters. The number of likely N-dealkylation sites (tertiary alicyclic amines) is 1. The molecule has 1 fully saturated rings. The summed E-state index contributed by atoms with van der Waals surface area (Å²) in [4.78, 5) is 2.65. The maximum Gasteiger partial charge on any atom is 0.0569 e. The Balaban J connectivity index is 2.32. The van der Waals surface area contributed by atoms with Crippen LogP contribution in [-0.2, 0) is 5.54 Å². The lowest BCUT2D eigenvalue weighted by Gasteiger charge is -2.46. The average molecular weight is 288 g/mol. The largest absolute Gasteiger partial charge is 0.320 e. The molecular weight excluding hydrogens is 256 g/mol. The van der Waals surface area contributed by atoms with Crippen molar-refractivity contribution in [2.75, 3.05) is 13.1 Å². The van der Waals surface area contributed by atoms with Gasteiger partial charge in [-0.05, 0) is 50.3 Å². The summed E-state index contributed by atoms with van der Waals surface area (Å²) >= 11 is 0. The summed E-state index contributed by atoms with van der Waals surface area (Å²) in [5.74, 6) is 0.606. The van der Waals surface area contributed by atoms with Gasteiger partial charge in [0.1, 0.15) is 0 Å². The van der Waals surface area contributed by atoms with Crippen LogP contribution in [0.2, 0.25) is 0 Å². The van der Waals surface area contributed by atoms with Crippen LogP contribution in [0.1, 0.15) is 58.4 Å². The molecule has 2 unspecified atom stereocenters. The number of rotatable bonds is 6. The van der Waals surface area contributed by atoms with Crippen molar-refractivity contribution in [2.45, 2.75) is 64.5 Å². The lowest BCUT2D eigenvalue weighted by atomic mass is 9.75. The van der Waals surface area contributed by atoms with Gasteiger partial charge < -0.3 is 5.73 Å². The predicted octanol–water partition coefficient (Wildman–Crippen LogP) is 4.15. The van der Waals surface area contributed by atoms with Crippen LogP contribution in [0.15, 0.2) is 30.3 Å². The van der Waals surface area contributed by atoms with Gasteiger partial charge in [-0.3, -0.25) is 4.90 Å². The topological polar surface area (TPSA) is 29.3 Å². The highest BCUT2D eigenvalue weighted by Crippen LogP contribution is 2.35. The Labute approximate surface area is 130 Å². The van der Waals surface area contributed by atoms with E-state index in [2.05, 4.69) is 56.0 Å². The van der Waals surface area contributed by atoms with Crippen LogP contribution >= 0.6 is 0 Å². The van der Waals surface area contributed by atoms with Crippen molar-refractivity contribution in [3.8, 4) is 0 Å². The summed E-state index contributed by atoms with van der Waals surface area (Å²) in [6, 6.07) is 11.2. The number of piperidine rings is 1. The first-order valence-electron chi connectivity index (χ1n) is 8.66. The Morgan fingerprint density at radius 2 is 1.71 bits per heavy atom.